The summed E-state index contributed by atoms with van der Waals surface area (Å²) in [7, 11) is 0. The maximum atomic E-state index is 4.70. The molecule has 0 aromatic carbocycles. The second-order valence-electron chi connectivity index (χ2n) is 4.17. The lowest BCUT2D eigenvalue weighted by molar-refractivity contribution is 0.630. The highest BCUT2D eigenvalue weighted by Crippen LogP contribution is 2.26. The Labute approximate surface area is 99.9 Å². The Hall–Kier alpha value is -0.0600. The predicted octanol–water partition coefficient (Wildman–Crippen LogP) is 3.21. The molecule has 1 aromatic heterocycles. The van der Waals surface area contributed by atoms with E-state index in [9.17, 15) is 0 Å². The van der Waals surface area contributed by atoms with E-state index in [2.05, 4.69) is 24.5 Å². The van der Waals surface area contributed by atoms with E-state index >= 15 is 0 Å². The molecule has 0 radical (unpaired) electrons. The third-order valence-electron chi connectivity index (χ3n) is 2.53. The zero-order valence-electron chi connectivity index (χ0n) is 9.32. The van der Waals surface area contributed by atoms with Crippen LogP contribution in [0, 0.1) is 0 Å². The molecule has 0 aliphatic carbocycles. The van der Waals surface area contributed by atoms with Gasteiger partial charge in [0, 0.05) is 11.1 Å². The fourth-order valence-electron chi connectivity index (χ4n) is 1.73. The van der Waals surface area contributed by atoms with Crippen LogP contribution >= 0.6 is 23.1 Å². The molecule has 2 rings (SSSR count). The summed E-state index contributed by atoms with van der Waals surface area (Å²) in [5.41, 5.74) is 1.26. The van der Waals surface area contributed by atoms with Crippen LogP contribution in [0.1, 0.15) is 43.4 Å². The van der Waals surface area contributed by atoms with Crippen molar-refractivity contribution in [3.63, 3.8) is 0 Å². The molecule has 1 aliphatic heterocycles. The summed E-state index contributed by atoms with van der Waals surface area (Å²) in [6.07, 6.45) is 2.54. The van der Waals surface area contributed by atoms with Crippen LogP contribution in [-0.4, -0.2) is 16.8 Å². The van der Waals surface area contributed by atoms with E-state index < -0.39 is 0 Å². The highest BCUT2D eigenvalue weighted by molar-refractivity contribution is 7.99. The topological polar surface area (TPSA) is 24.9 Å². The Morgan fingerprint density at radius 1 is 1.67 bits per heavy atom. The van der Waals surface area contributed by atoms with Crippen molar-refractivity contribution in [3.8, 4) is 0 Å². The van der Waals surface area contributed by atoms with Crippen molar-refractivity contribution in [2.75, 3.05) is 6.54 Å². The number of rotatable bonds is 4. The number of nitrogens with zero attached hydrogens (tertiary/aromatic N) is 1. The van der Waals surface area contributed by atoms with Gasteiger partial charge in [-0.2, -0.15) is 11.8 Å². The SMILES string of the molecule is CC(C)SCc1nc([C@H]2CCCN2)cs1. The summed E-state index contributed by atoms with van der Waals surface area (Å²) in [6.45, 7) is 5.62. The zero-order valence-corrected chi connectivity index (χ0v) is 11.0. The number of thioether (sulfide) groups is 1. The van der Waals surface area contributed by atoms with Gasteiger partial charge in [-0.3, -0.25) is 0 Å². The molecule has 0 amide bonds. The van der Waals surface area contributed by atoms with E-state index in [1.54, 1.807) is 11.3 Å². The van der Waals surface area contributed by atoms with E-state index in [4.69, 9.17) is 4.98 Å². The van der Waals surface area contributed by atoms with Crippen molar-refractivity contribution in [3.05, 3.63) is 16.1 Å². The normalized spacial score (nSPS) is 21.4. The van der Waals surface area contributed by atoms with Crippen LogP contribution < -0.4 is 5.32 Å². The number of nitrogens with one attached hydrogen (secondary N) is 1. The fraction of sp³-hybridized carbons (Fsp3) is 0.727. The van der Waals surface area contributed by atoms with Crippen LogP contribution in [-0.2, 0) is 5.75 Å². The first-order valence-electron chi connectivity index (χ1n) is 5.55. The van der Waals surface area contributed by atoms with Gasteiger partial charge in [0.05, 0.1) is 11.7 Å². The number of hydrogen-bond acceptors (Lipinski definition) is 4. The smallest absolute Gasteiger partial charge is 0.103 e. The Morgan fingerprint density at radius 3 is 3.20 bits per heavy atom. The molecule has 1 aliphatic rings. The van der Waals surface area contributed by atoms with E-state index in [1.807, 2.05) is 11.8 Å². The Kier molecular flexibility index (Phi) is 4.05. The second kappa shape index (κ2) is 5.32. The fourth-order valence-corrected chi connectivity index (χ4v) is 3.38. The summed E-state index contributed by atoms with van der Waals surface area (Å²) in [5.74, 6) is 1.06. The van der Waals surface area contributed by atoms with Gasteiger partial charge in [-0.15, -0.1) is 11.3 Å². The van der Waals surface area contributed by atoms with Crippen LogP contribution in [0.25, 0.3) is 0 Å². The quantitative estimate of drug-likeness (QED) is 0.877. The average molecular weight is 242 g/mol. The standard InChI is InChI=1S/C11H18N2S2/c1-8(2)14-7-11-13-10(6-15-11)9-4-3-5-12-9/h6,8-9,12H,3-5,7H2,1-2H3/t9-/m1/s1. The van der Waals surface area contributed by atoms with Crippen LogP contribution in [0.4, 0.5) is 0 Å². The summed E-state index contributed by atoms with van der Waals surface area (Å²) < 4.78 is 0. The van der Waals surface area contributed by atoms with Crippen molar-refractivity contribution >= 4 is 23.1 Å². The molecule has 2 nitrogen and oxygen atoms in total. The summed E-state index contributed by atoms with van der Waals surface area (Å²) in [4.78, 5) is 4.70. The molecule has 2 heterocycles. The van der Waals surface area contributed by atoms with Gasteiger partial charge in [0.2, 0.25) is 0 Å². The minimum atomic E-state index is 0.527. The minimum absolute atomic E-state index is 0.527. The van der Waals surface area contributed by atoms with Gasteiger partial charge in [-0.1, -0.05) is 13.8 Å². The summed E-state index contributed by atoms with van der Waals surface area (Å²) in [5, 5.41) is 7.68. The summed E-state index contributed by atoms with van der Waals surface area (Å²) >= 11 is 3.77. The lowest BCUT2D eigenvalue weighted by Gasteiger charge is -2.05. The highest BCUT2D eigenvalue weighted by Gasteiger charge is 2.18. The molecule has 0 bridgehead atoms. The molecule has 1 N–H and O–H groups in total. The molecule has 1 atom stereocenters. The lowest BCUT2D eigenvalue weighted by atomic mass is 10.2. The van der Waals surface area contributed by atoms with Crippen LogP contribution in [0.15, 0.2) is 5.38 Å². The molecule has 1 aromatic rings. The number of aromatic nitrogens is 1. The van der Waals surface area contributed by atoms with Gasteiger partial charge in [0.15, 0.2) is 0 Å². The van der Waals surface area contributed by atoms with Crippen molar-refractivity contribution in [2.24, 2.45) is 0 Å². The first kappa shape index (κ1) is 11.4. The first-order chi connectivity index (χ1) is 7.25. The largest absolute Gasteiger partial charge is 0.309 e. The van der Waals surface area contributed by atoms with Gasteiger partial charge < -0.3 is 5.32 Å². The molecule has 1 saturated heterocycles. The average Bonchev–Trinajstić information content (AvgIpc) is 2.85. The van der Waals surface area contributed by atoms with Crippen LogP contribution in [0.5, 0.6) is 0 Å². The van der Waals surface area contributed by atoms with Gasteiger partial charge in [-0.05, 0) is 24.6 Å². The lowest BCUT2D eigenvalue weighted by Crippen LogP contribution is -2.13. The maximum Gasteiger partial charge on any atom is 0.103 e. The van der Waals surface area contributed by atoms with E-state index in [0.29, 0.717) is 11.3 Å². The molecular formula is C11H18N2S2. The highest BCUT2D eigenvalue weighted by atomic mass is 32.2. The van der Waals surface area contributed by atoms with Gasteiger partial charge in [0.25, 0.3) is 0 Å². The van der Waals surface area contributed by atoms with E-state index in [0.717, 1.165) is 12.3 Å². The van der Waals surface area contributed by atoms with E-state index in [-0.39, 0.29) is 0 Å². The number of thiazole rings is 1. The van der Waals surface area contributed by atoms with Crippen molar-refractivity contribution < 1.29 is 0 Å². The van der Waals surface area contributed by atoms with Crippen LogP contribution in [0.3, 0.4) is 0 Å². The Bertz CT molecular complexity index is 303. The third kappa shape index (κ3) is 3.20. The van der Waals surface area contributed by atoms with Gasteiger partial charge in [-0.25, -0.2) is 4.98 Å². The van der Waals surface area contributed by atoms with Gasteiger partial charge in [0.1, 0.15) is 5.01 Å². The predicted molar refractivity (Wildman–Crippen MR) is 68.5 cm³/mol. The van der Waals surface area contributed by atoms with Crippen molar-refractivity contribution in [1.29, 1.82) is 0 Å². The Morgan fingerprint density at radius 2 is 2.53 bits per heavy atom. The second-order valence-corrected chi connectivity index (χ2v) is 6.68. The number of hydrogen-bond donors (Lipinski definition) is 1. The molecule has 0 spiro atoms. The monoisotopic (exact) mass is 242 g/mol. The maximum absolute atomic E-state index is 4.70. The molecule has 0 saturated carbocycles. The Balaban J connectivity index is 1.91. The van der Waals surface area contributed by atoms with E-state index in [1.165, 1.54) is 23.5 Å². The van der Waals surface area contributed by atoms with Crippen molar-refractivity contribution in [2.45, 2.75) is 43.7 Å². The third-order valence-corrected chi connectivity index (χ3v) is 4.68. The molecule has 15 heavy (non-hydrogen) atoms. The molecule has 4 heteroatoms. The van der Waals surface area contributed by atoms with Crippen LogP contribution in [0.2, 0.25) is 0 Å². The zero-order chi connectivity index (χ0) is 10.7. The molecule has 0 unspecified atom stereocenters. The minimum Gasteiger partial charge on any atom is -0.309 e. The first-order valence-corrected chi connectivity index (χ1v) is 7.48. The molecular weight excluding hydrogens is 224 g/mol. The molecule has 84 valence electrons. The van der Waals surface area contributed by atoms with Gasteiger partial charge >= 0.3 is 0 Å². The summed E-state index contributed by atoms with van der Waals surface area (Å²) in [6, 6.07) is 0.527. The molecule has 1 fully saturated rings. The van der Waals surface area contributed by atoms with Crippen molar-refractivity contribution in [1.82, 2.24) is 10.3 Å².